The van der Waals surface area contributed by atoms with Crippen LogP contribution in [0.25, 0.3) is 44.4 Å². The van der Waals surface area contributed by atoms with Crippen molar-refractivity contribution in [2.45, 2.75) is 158 Å². The first-order valence-electron chi connectivity index (χ1n) is 28.9. The van der Waals surface area contributed by atoms with E-state index in [1.807, 2.05) is 0 Å². The first-order valence-corrected chi connectivity index (χ1v) is 29.3. The van der Waals surface area contributed by atoms with E-state index in [-0.39, 0.29) is 36.2 Å². The molecule has 5 aliphatic rings. The van der Waals surface area contributed by atoms with Gasteiger partial charge in [0.1, 0.15) is 0 Å². The second kappa shape index (κ2) is 23.5. The summed E-state index contributed by atoms with van der Waals surface area (Å²) in [5.74, 6) is 0.0724. The molecule has 5 aromatic rings. The molecule has 7 heterocycles. The Kier molecular flexibility index (Phi) is 17.1. The quantitative estimate of drug-likeness (QED) is 0.0638. The van der Waals surface area contributed by atoms with Crippen LogP contribution in [0.1, 0.15) is 177 Å². The van der Waals surface area contributed by atoms with E-state index >= 15 is 0 Å². The number of rotatable bonds is 15. The second-order valence-corrected chi connectivity index (χ2v) is 23.4. The minimum absolute atomic E-state index is 0. The third-order valence-corrected chi connectivity index (χ3v) is 18.2. The van der Waals surface area contributed by atoms with E-state index in [0.717, 1.165) is 125 Å². The Balaban J connectivity index is 0.00000757. The van der Waals surface area contributed by atoms with Crippen LogP contribution in [0.3, 0.4) is 0 Å². The molecule has 10 rings (SSSR count). The number of nitrogens with one attached hydrogen (secondary N) is 1. The topological polar surface area (TPSA) is 89.3 Å². The Morgan fingerprint density at radius 2 is 1.30 bits per heavy atom. The Bertz CT molecular complexity index is 3660. The number of halogens is 1. The molecule has 10 heteroatoms. The van der Waals surface area contributed by atoms with Gasteiger partial charge in [-0.1, -0.05) is 141 Å². The van der Waals surface area contributed by atoms with Crippen LogP contribution in [-0.4, -0.2) is 45.8 Å². The fourth-order valence-corrected chi connectivity index (χ4v) is 13.4. The third-order valence-electron chi connectivity index (χ3n) is 17.7. The number of aryl methyl sites for hydroxylation is 4. The number of carbonyl (C=O) groups excluding carboxylic acids is 1. The van der Waals surface area contributed by atoms with Crippen LogP contribution in [0, 0.1) is 13.8 Å². The van der Waals surface area contributed by atoms with Gasteiger partial charge in [0.15, 0.2) is 12.3 Å². The Morgan fingerprint density at radius 3 is 1.96 bits per heavy atom. The normalized spacial score (nSPS) is 17.7. The van der Waals surface area contributed by atoms with Gasteiger partial charge in [0.2, 0.25) is 11.6 Å². The first kappa shape index (κ1) is 57.5. The van der Waals surface area contributed by atoms with Gasteiger partial charge in [0, 0.05) is 65.5 Å². The van der Waals surface area contributed by atoms with Crippen molar-refractivity contribution in [3.8, 4) is 0 Å². The summed E-state index contributed by atoms with van der Waals surface area (Å²) in [6, 6.07) is 26.2. The molecule has 0 saturated heterocycles. The molecule has 0 fully saturated rings. The molecule has 4 aliphatic heterocycles. The number of fused-ring (bicyclic) bond motifs is 10. The van der Waals surface area contributed by atoms with Gasteiger partial charge >= 0.3 is 19.5 Å². The largest absolute Gasteiger partial charge is 2.00 e. The van der Waals surface area contributed by atoms with Crippen LogP contribution in [0.2, 0.25) is 0 Å². The molecule has 0 unspecified atom stereocenters. The maximum absolute atomic E-state index is 13.7. The SMILES string of the molecule is CCC1=C(C)c2cc3[n-]c(cc4nc(cc5[n-]c(cc1n2)c(C)c5CC)C(CCCC(=O)NCCC[N+]1=C(/C=C/C2=C(Cl)C(=C/C=C5/N(CC)c6ccccc6C5(C)C)/CCC2)C(C)(C)c2ccccc21)=C4C)c(C)c3CC.[Zn+2]. The van der Waals surface area contributed by atoms with Crippen molar-refractivity contribution in [3.05, 3.63) is 175 Å². The average Bonchev–Trinajstić information content (AvgIpc) is 4.26. The monoisotopic (exact) mass is 1120 g/mol. The molecule has 0 atom stereocenters. The van der Waals surface area contributed by atoms with E-state index in [1.54, 1.807) is 0 Å². The maximum Gasteiger partial charge on any atom is 2.00 e. The van der Waals surface area contributed by atoms with E-state index in [2.05, 4.69) is 195 Å². The minimum Gasteiger partial charge on any atom is -0.657 e. The van der Waals surface area contributed by atoms with Crippen molar-refractivity contribution < 1.29 is 28.8 Å². The second-order valence-electron chi connectivity index (χ2n) is 23.0. The number of amides is 1. The Morgan fingerprint density at radius 1 is 0.709 bits per heavy atom. The van der Waals surface area contributed by atoms with Crippen molar-refractivity contribution in [2.75, 3.05) is 24.5 Å². The van der Waals surface area contributed by atoms with E-state index in [0.29, 0.717) is 19.4 Å². The van der Waals surface area contributed by atoms with Gasteiger partial charge in [-0.25, -0.2) is 9.97 Å². The summed E-state index contributed by atoms with van der Waals surface area (Å²) in [5, 5.41) is 4.16. The molecule has 0 spiro atoms. The van der Waals surface area contributed by atoms with Crippen LogP contribution < -0.4 is 20.2 Å². The number of anilines is 1. The molecule has 0 saturated carbocycles. The number of hydrogen-bond acceptors (Lipinski definition) is 4. The van der Waals surface area contributed by atoms with Gasteiger partial charge in [0.05, 0.1) is 28.2 Å². The third kappa shape index (κ3) is 10.7. The molecule has 79 heavy (non-hydrogen) atoms. The van der Waals surface area contributed by atoms with Crippen LogP contribution in [0.15, 0.2) is 119 Å². The van der Waals surface area contributed by atoms with Gasteiger partial charge in [0.25, 0.3) is 0 Å². The van der Waals surface area contributed by atoms with Crippen LogP contribution in [0.5, 0.6) is 0 Å². The van der Waals surface area contributed by atoms with E-state index in [4.69, 9.17) is 31.5 Å². The van der Waals surface area contributed by atoms with Crippen LogP contribution in [0.4, 0.5) is 11.4 Å². The van der Waals surface area contributed by atoms with Crippen LogP contribution in [-0.2, 0) is 47.9 Å². The van der Waals surface area contributed by atoms with Crippen molar-refractivity contribution in [3.63, 3.8) is 0 Å². The molecule has 0 radical (unpaired) electrons. The van der Waals surface area contributed by atoms with Crippen molar-refractivity contribution >= 4 is 79.0 Å². The number of benzene rings is 2. The van der Waals surface area contributed by atoms with E-state index in [9.17, 15) is 4.79 Å². The number of para-hydroxylation sites is 2. The van der Waals surface area contributed by atoms with Gasteiger partial charge in [-0.15, -0.1) is 22.1 Å². The summed E-state index contributed by atoms with van der Waals surface area (Å²) in [7, 11) is 0. The van der Waals surface area contributed by atoms with Crippen molar-refractivity contribution in [1.29, 1.82) is 0 Å². The molecular formula is C69H79ClN7OZn+. The molecular weight excluding hydrogens is 1040 g/mol. The van der Waals surface area contributed by atoms with Gasteiger partial charge in [-0.05, 0) is 151 Å². The fourth-order valence-electron chi connectivity index (χ4n) is 13.1. The maximum atomic E-state index is 13.7. The molecule has 1 aliphatic carbocycles. The molecule has 2 aromatic carbocycles. The summed E-state index contributed by atoms with van der Waals surface area (Å²) in [6.07, 6.45) is 17.4. The summed E-state index contributed by atoms with van der Waals surface area (Å²) in [4.78, 5) is 37.1. The van der Waals surface area contributed by atoms with Crippen molar-refractivity contribution in [1.82, 2.24) is 25.3 Å². The summed E-state index contributed by atoms with van der Waals surface area (Å²) >= 11 is 7.33. The Labute approximate surface area is 487 Å². The number of aromatic nitrogens is 4. The van der Waals surface area contributed by atoms with E-state index in [1.165, 1.54) is 78.5 Å². The van der Waals surface area contributed by atoms with Crippen molar-refractivity contribution in [2.24, 2.45) is 0 Å². The summed E-state index contributed by atoms with van der Waals surface area (Å²) in [5.41, 5.74) is 27.0. The smallest absolute Gasteiger partial charge is 0.657 e. The molecule has 1 N–H and O–H groups in total. The van der Waals surface area contributed by atoms with E-state index < -0.39 is 0 Å². The zero-order valence-electron chi connectivity index (χ0n) is 49.1. The molecule has 1 amide bonds. The number of likely N-dealkylation sites (N-methyl/N-ethyl adjacent to an activating group) is 1. The zero-order valence-corrected chi connectivity index (χ0v) is 52.8. The minimum atomic E-state index is -0.207. The number of nitrogens with zero attached hydrogens (tertiary/aromatic N) is 6. The van der Waals surface area contributed by atoms with Gasteiger partial charge < -0.3 is 20.2 Å². The molecule has 404 valence electrons. The molecule has 3 aromatic heterocycles. The summed E-state index contributed by atoms with van der Waals surface area (Å²) in [6.45, 7) is 29.1. The number of hydrogen-bond donors (Lipinski definition) is 1. The predicted octanol–water partition coefficient (Wildman–Crippen LogP) is 16.2. The fraction of sp³-hybridized carbons (Fsp3) is 0.391. The average molecular weight is 1120 g/mol. The van der Waals surface area contributed by atoms with Gasteiger partial charge in [-0.2, -0.15) is 4.58 Å². The van der Waals surface area contributed by atoms with Crippen LogP contribution >= 0.6 is 11.6 Å². The Hall–Kier alpha value is -6.15. The molecule has 8 bridgehead atoms. The first-order chi connectivity index (χ1) is 37.5. The standard InChI is InChI=1S/C69H80ClN7O.Zn/c1-13-48-42(5)54-38-55-45(8)51(61(75-55)41-60-50(15-3)44(7)57(74-60)40-59-49(14-2)43(6)56(73-59)39-58(48)72-54)26-22-31-66(78)71-36-23-37-77-63-30-20-18-28-53(63)69(11,12)65(77)35-33-47-25-21-24-46(67(47)70)32-34-64-68(9,10)52-27-17-19-29-62(52)76(64)16-4;/h17-20,27-30,32-35,38-41H,13-16,21-26,31,36-37H2,1-12H3,(H2-,71,72,73,74,75,78);/q;+2/p-1. The summed E-state index contributed by atoms with van der Waals surface area (Å²) < 4.78 is 2.46. The number of allylic oxidation sites excluding steroid dienone is 12. The molecule has 8 nitrogen and oxygen atoms in total. The zero-order chi connectivity index (χ0) is 55.2. The van der Waals surface area contributed by atoms with Gasteiger partial charge in [-0.3, -0.25) is 4.79 Å². The number of carbonyl (C=O) groups is 1. The predicted molar refractivity (Wildman–Crippen MR) is 328 cm³/mol.